The highest BCUT2D eigenvalue weighted by Crippen LogP contribution is 2.23. The van der Waals surface area contributed by atoms with E-state index in [4.69, 9.17) is 5.11 Å². The van der Waals surface area contributed by atoms with Crippen LogP contribution in [0.3, 0.4) is 0 Å². The van der Waals surface area contributed by atoms with E-state index in [0.717, 1.165) is 0 Å². The number of carboxylic acids is 1. The molecule has 0 fully saturated rings. The molecule has 0 amide bonds. The van der Waals surface area contributed by atoms with Crippen molar-refractivity contribution >= 4 is 5.97 Å². The SMILES string of the molecule is C=C(C)C(C(=O)O)c1ccc(F)cc1. The lowest BCUT2D eigenvalue weighted by atomic mass is 9.93. The van der Waals surface area contributed by atoms with E-state index >= 15 is 0 Å². The zero-order valence-corrected chi connectivity index (χ0v) is 7.83. The molecule has 0 aliphatic rings. The fourth-order valence-corrected chi connectivity index (χ4v) is 1.29. The van der Waals surface area contributed by atoms with Crippen molar-refractivity contribution in [1.29, 1.82) is 0 Å². The maximum Gasteiger partial charge on any atom is 0.315 e. The molecular formula is C11H11FO2. The highest BCUT2D eigenvalue weighted by molar-refractivity contribution is 5.79. The number of carbonyl (C=O) groups is 1. The molecule has 0 aromatic heterocycles. The van der Waals surface area contributed by atoms with E-state index in [9.17, 15) is 9.18 Å². The Hall–Kier alpha value is -1.64. The molecule has 1 aromatic carbocycles. The van der Waals surface area contributed by atoms with Gasteiger partial charge in [-0.15, -0.1) is 0 Å². The Balaban J connectivity index is 3.06. The van der Waals surface area contributed by atoms with Gasteiger partial charge in [0.05, 0.1) is 0 Å². The summed E-state index contributed by atoms with van der Waals surface area (Å²) in [7, 11) is 0. The van der Waals surface area contributed by atoms with Gasteiger partial charge in [-0.1, -0.05) is 24.3 Å². The minimum Gasteiger partial charge on any atom is -0.481 e. The van der Waals surface area contributed by atoms with Crippen LogP contribution in [-0.2, 0) is 4.79 Å². The summed E-state index contributed by atoms with van der Waals surface area (Å²) < 4.78 is 12.6. The second-order valence-electron chi connectivity index (χ2n) is 3.17. The summed E-state index contributed by atoms with van der Waals surface area (Å²) in [5.74, 6) is -2.10. The molecule has 1 N–H and O–H groups in total. The predicted octanol–water partition coefficient (Wildman–Crippen LogP) is 2.57. The Kier molecular flexibility index (Phi) is 3.02. The van der Waals surface area contributed by atoms with Gasteiger partial charge in [0.25, 0.3) is 0 Å². The smallest absolute Gasteiger partial charge is 0.315 e. The molecule has 0 spiro atoms. The maximum atomic E-state index is 12.6. The van der Waals surface area contributed by atoms with Gasteiger partial charge in [0.2, 0.25) is 0 Å². The number of halogens is 1. The molecule has 1 atom stereocenters. The molecule has 0 saturated carbocycles. The topological polar surface area (TPSA) is 37.3 Å². The zero-order valence-electron chi connectivity index (χ0n) is 7.83. The van der Waals surface area contributed by atoms with Crippen molar-refractivity contribution in [1.82, 2.24) is 0 Å². The first-order chi connectivity index (χ1) is 6.52. The quantitative estimate of drug-likeness (QED) is 0.751. The van der Waals surface area contributed by atoms with Crippen LogP contribution in [0.4, 0.5) is 4.39 Å². The van der Waals surface area contributed by atoms with Crippen LogP contribution in [0.5, 0.6) is 0 Å². The second-order valence-corrected chi connectivity index (χ2v) is 3.17. The third kappa shape index (κ3) is 2.19. The fraction of sp³-hybridized carbons (Fsp3) is 0.182. The zero-order chi connectivity index (χ0) is 10.7. The molecule has 0 radical (unpaired) electrons. The van der Waals surface area contributed by atoms with Crippen LogP contribution >= 0.6 is 0 Å². The Morgan fingerprint density at radius 1 is 1.43 bits per heavy atom. The van der Waals surface area contributed by atoms with E-state index in [1.807, 2.05) is 0 Å². The molecule has 0 heterocycles. The van der Waals surface area contributed by atoms with Gasteiger partial charge in [-0.3, -0.25) is 4.79 Å². The monoisotopic (exact) mass is 194 g/mol. The van der Waals surface area contributed by atoms with Crippen LogP contribution in [0.2, 0.25) is 0 Å². The summed E-state index contributed by atoms with van der Waals surface area (Å²) in [5.41, 5.74) is 1.08. The first-order valence-corrected chi connectivity index (χ1v) is 4.16. The van der Waals surface area contributed by atoms with Gasteiger partial charge >= 0.3 is 5.97 Å². The van der Waals surface area contributed by atoms with Gasteiger partial charge < -0.3 is 5.11 Å². The molecule has 1 aromatic rings. The molecule has 2 nitrogen and oxygen atoms in total. The van der Waals surface area contributed by atoms with Gasteiger partial charge in [-0.05, 0) is 24.6 Å². The summed E-state index contributed by atoms with van der Waals surface area (Å²) >= 11 is 0. The Morgan fingerprint density at radius 2 is 1.93 bits per heavy atom. The standard InChI is InChI=1S/C11H11FO2/c1-7(2)10(11(13)14)8-3-5-9(12)6-4-8/h3-6,10H,1H2,2H3,(H,13,14). The van der Waals surface area contributed by atoms with Crippen LogP contribution in [-0.4, -0.2) is 11.1 Å². The minimum atomic E-state index is -0.968. The molecule has 0 aliphatic heterocycles. The average molecular weight is 194 g/mol. The lowest BCUT2D eigenvalue weighted by Crippen LogP contribution is -2.12. The molecular weight excluding hydrogens is 183 g/mol. The van der Waals surface area contributed by atoms with E-state index in [1.165, 1.54) is 24.3 Å². The predicted molar refractivity (Wildman–Crippen MR) is 51.6 cm³/mol. The molecule has 1 unspecified atom stereocenters. The Bertz CT molecular complexity index is 340. The van der Waals surface area contributed by atoms with Crippen molar-refractivity contribution in [2.75, 3.05) is 0 Å². The summed E-state index contributed by atoms with van der Waals surface area (Å²) in [4.78, 5) is 10.9. The van der Waals surface area contributed by atoms with Gasteiger partial charge in [-0.2, -0.15) is 0 Å². The first-order valence-electron chi connectivity index (χ1n) is 4.16. The Morgan fingerprint density at radius 3 is 2.29 bits per heavy atom. The van der Waals surface area contributed by atoms with Crippen LogP contribution in [0.1, 0.15) is 18.4 Å². The average Bonchev–Trinajstić information content (AvgIpc) is 2.07. The van der Waals surface area contributed by atoms with Crippen molar-refractivity contribution in [3.05, 3.63) is 47.8 Å². The van der Waals surface area contributed by atoms with Crippen molar-refractivity contribution in [3.8, 4) is 0 Å². The van der Waals surface area contributed by atoms with Crippen LogP contribution in [0.15, 0.2) is 36.4 Å². The molecule has 0 bridgehead atoms. The van der Waals surface area contributed by atoms with Crippen LogP contribution in [0.25, 0.3) is 0 Å². The van der Waals surface area contributed by atoms with Crippen LogP contribution < -0.4 is 0 Å². The van der Waals surface area contributed by atoms with E-state index in [1.54, 1.807) is 6.92 Å². The van der Waals surface area contributed by atoms with Crippen LogP contribution in [0, 0.1) is 5.82 Å². The molecule has 3 heteroatoms. The molecule has 74 valence electrons. The van der Waals surface area contributed by atoms with Gasteiger partial charge in [-0.25, -0.2) is 4.39 Å². The van der Waals surface area contributed by atoms with Crippen molar-refractivity contribution in [2.45, 2.75) is 12.8 Å². The third-order valence-corrected chi connectivity index (χ3v) is 1.94. The van der Waals surface area contributed by atoms with Gasteiger partial charge in [0, 0.05) is 0 Å². The van der Waals surface area contributed by atoms with Gasteiger partial charge in [0.15, 0.2) is 0 Å². The summed E-state index contributed by atoms with van der Waals surface area (Å²) in [6.45, 7) is 5.24. The third-order valence-electron chi connectivity index (χ3n) is 1.94. The first kappa shape index (κ1) is 10.4. The van der Waals surface area contributed by atoms with Gasteiger partial charge in [0.1, 0.15) is 11.7 Å². The summed E-state index contributed by atoms with van der Waals surface area (Å²) in [6.07, 6.45) is 0. The molecule has 1 rings (SSSR count). The van der Waals surface area contributed by atoms with Crippen molar-refractivity contribution in [2.24, 2.45) is 0 Å². The minimum absolute atomic E-state index is 0.375. The number of aliphatic carboxylic acids is 1. The highest BCUT2D eigenvalue weighted by Gasteiger charge is 2.19. The highest BCUT2D eigenvalue weighted by atomic mass is 19.1. The Labute approximate surface area is 81.7 Å². The molecule has 0 aliphatic carbocycles. The summed E-state index contributed by atoms with van der Waals surface area (Å²) in [6, 6.07) is 5.41. The second kappa shape index (κ2) is 4.05. The number of benzene rings is 1. The number of carboxylic acid groups (broad SMARTS) is 1. The van der Waals surface area contributed by atoms with E-state index in [0.29, 0.717) is 11.1 Å². The number of rotatable bonds is 3. The van der Waals surface area contributed by atoms with E-state index in [2.05, 4.69) is 6.58 Å². The lowest BCUT2D eigenvalue weighted by molar-refractivity contribution is -0.137. The van der Waals surface area contributed by atoms with E-state index < -0.39 is 11.9 Å². The molecule has 0 saturated heterocycles. The normalized spacial score (nSPS) is 12.1. The fourth-order valence-electron chi connectivity index (χ4n) is 1.29. The number of hydrogen-bond donors (Lipinski definition) is 1. The van der Waals surface area contributed by atoms with Crippen molar-refractivity contribution in [3.63, 3.8) is 0 Å². The summed E-state index contributed by atoms with van der Waals surface area (Å²) in [5, 5.41) is 8.91. The molecule has 14 heavy (non-hydrogen) atoms. The number of hydrogen-bond acceptors (Lipinski definition) is 1. The van der Waals surface area contributed by atoms with Crippen molar-refractivity contribution < 1.29 is 14.3 Å². The maximum absolute atomic E-state index is 12.6. The van der Waals surface area contributed by atoms with E-state index in [-0.39, 0.29) is 5.82 Å². The largest absolute Gasteiger partial charge is 0.481 e. The lowest BCUT2D eigenvalue weighted by Gasteiger charge is -2.11.